The number of rotatable bonds is 4. The maximum absolute atomic E-state index is 12.9. The Bertz CT molecular complexity index is 761. The molecule has 1 aliphatic rings. The number of para-hydroxylation sites is 1. The van der Waals surface area contributed by atoms with Crippen molar-refractivity contribution in [1.29, 1.82) is 0 Å². The van der Waals surface area contributed by atoms with E-state index in [2.05, 4.69) is 5.32 Å². The standard InChI is InChI=1S/C20H22N2O3/c1-14-7-6-8-15(11-14)20(24)22-13-17(12-18(22)19(23)21-2)25-16-9-4-3-5-10-16/h3-11,17-18H,12-13H2,1-2H3,(H,21,23). The third-order valence-electron chi connectivity index (χ3n) is 4.38. The first-order valence-electron chi connectivity index (χ1n) is 8.39. The molecule has 5 nitrogen and oxygen atoms in total. The predicted molar refractivity (Wildman–Crippen MR) is 95.5 cm³/mol. The van der Waals surface area contributed by atoms with Crippen molar-refractivity contribution in [2.24, 2.45) is 0 Å². The second-order valence-electron chi connectivity index (χ2n) is 6.25. The van der Waals surface area contributed by atoms with E-state index >= 15 is 0 Å². The zero-order valence-electron chi connectivity index (χ0n) is 14.4. The minimum absolute atomic E-state index is 0.142. The van der Waals surface area contributed by atoms with Crippen LogP contribution in [-0.4, -0.2) is 42.5 Å². The summed E-state index contributed by atoms with van der Waals surface area (Å²) in [7, 11) is 1.59. The van der Waals surface area contributed by atoms with E-state index in [-0.39, 0.29) is 17.9 Å². The number of likely N-dealkylation sites (tertiary alicyclic amines) is 1. The molecule has 25 heavy (non-hydrogen) atoms. The Morgan fingerprint density at radius 3 is 2.56 bits per heavy atom. The number of benzene rings is 2. The lowest BCUT2D eigenvalue weighted by atomic mass is 10.1. The smallest absolute Gasteiger partial charge is 0.254 e. The molecule has 1 saturated heterocycles. The summed E-state index contributed by atoms with van der Waals surface area (Å²) in [6, 6.07) is 16.4. The minimum Gasteiger partial charge on any atom is -0.488 e. The van der Waals surface area contributed by atoms with Crippen LogP contribution < -0.4 is 10.1 Å². The molecule has 0 saturated carbocycles. The van der Waals surface area contributed by atoms with Crippen LogP contribution in [0.5, 0.6) is 5.75 Å². The number of likely N-dealkylation sites (N-methyl/N-ethyl adjacent to an activating group) is 1. The predicted octanol–water partition coefficient (Wildman–Crippen LogP) is 2.40. The molecule has 1 fully saturated rings. The van der Waals surface area contributed by atoms with Crippen LogP contribution in [-0.2, 0) is 4.79 Å². The van der Waals surface area contributed by atoms with Gasteiger partial charge in [-0.05, 0) is 31.2 Å². The van der Waals surface area contributed by atoms with Gasteiger partial charge in [0, 0.05) is 19.0 Å². The third-order valence-corrected chi connectivity index (χ3v) is 4.38. The van der Waals surface area contributed by atoms with E-state index in [0.717, 1.165) is 11.3 Å². The van der Waals surface area contributed by atoms with Gasteiger partial charge in [-0.3, -0.25) is 9.59 Å². The van der Waals surface area contributed by atoms with E-state index < -0.39 is 6.04 Å². The van der Waals surface area contributed by atoms with Crippen LogP contribution in [0, 0.1) is 6.92 Å². The lowest BCUT2D eigenvalue weighted by molar-refractivity contribution is -0.124. The molecule has 5 heteroatoms. The Kier molecular flexibility index (Phi) is 5.03. The molecule has 0 bridgehead atoms. The van der Waals surface area contributed by atoms with Crippen molar-refractivity contribution in [2.45, 2.75) is 25.5 Å². The lowest BCUT2D eigenvalue weighted by Crippen LogP contribution is -2.45. The quantitative estimate of drug-likeness (QED) is 0.931. The van der Waals surface area contributed by atoms with Gasteiger partial charge in [0.05, 0.1) is 6.54 Å². The highest BCUT2D eigenvalue weighted by atomic mass is 16.5. The Morgan fingerprint density at radius 2 is 1.88 bits per heavy atom. The van der Waals surface area contributed by atoms with Gasteiger partial charge in [0.2, 0.25) is 5.91 Å². The highest BCUT2D eigenvalue weighted by Crippen LogP contribution is 2.25. The number of nitrogens with zero attached hydrogens (tertiary/aromatic N) is 1. The van der Waals surface area contributed by atoms with Gasteiger partial charge in [0.1, 0.15) is 17.9 Å². The van der Waals surface area contributed by atoms with Gasteiger partial charge in [-0.1, -0.05) is 35.9 Å². The number of nitrogens with one attached hydrogen (secondary N) is 1. The normalized spacial score (nSPS) is 19.5. The highest BCUT2D eigenvalue weighted by Gasteiger charge is 2.40. The van der Waals surface area contributed by atoms with E-state index in [1.807, 2.05) is 55.5 Å². The summed E-state index contributed by atoms with van der Waals surface area (Å²) >= 11 is 0. The summed E-state index contributed by atoms with van der Waals surface area (Å²) in [5, 5.41) is 2.65. The molecule has 1 N–H and O–H groups in total. The summed E-state index contributed by atoms with van der Waals surface area (Å²) in [5.41, 5.74) is 1.60. The molecule has 0 aromatic heterocycles. The average Bonchev–Trinajstić information content (AvgIpc) is 3.05. The van der Waals surface area contributed by atoms with Gasteiger partial charge in [-0.15, -0.1) is 0 Å². The molecular weight excluding hydrogens is 316 g/mol. The van der Waals surface area contributed by atoms with Crippen molar-refractivity contribution < 1.29 is 14.3 Å². The number of amides is 2. The molecule has 2 unspecified atom stereocenters. The van der Waals surface area contributed by atoms with Crippen LogP contribution in [0.1, 0.15) is 22.3 Å². The summed E-state index contributed by atoms with van der Waals surface area (Å²) in [6.45, 7) is 2.33. The number of aryl methyl sites for hydroxylation is 1. The molecule has 2 aromatic rings. The Balaban J connectivity index is 1.80. The number of carbonyl (C=O) groups is 2. The van der Waals surface area contributed by atoms with Crippen LogP contribution in [0.4, 0.5) is 0 Å². The molecular formula is C20H22N2O3. The largest absolute Gasteiger partial charge is 0.488 e. The van der Waals surface area contributed by atoms with Crippen molar-refractivity contribution in [3.05, 3.63) is 65.7 Å². The van der Waals surface area contributed by atoms with Crippen LogP contribution >= 0.6 is 0 Å². The summed E-state index contributed by atoms with van der Waals surface area (Å²) in [4.78, 5) is 26.8. The Hall–Kier alpha value is -2.82. The molecule has 1 heterocycles. The number of hydrogen-bond acceptors (Lipinski definition) is 3. The maximum Gasteiger partial charge on any atom is 0.254 e. The fraction of sp³-hybridized carbons (Fsp3) is 0.300. The van der Waals surface area contributed by atoms with Crippen molar-refractivity contribution in [1.82, 2.24) is 10.2 Å². The first-order valence-corrected chi connectivity index (χ1v) is 8.39. The minimum atomic E-state index is -0.522. The van der Waals surface area contributed by atoms with Crippen LogP contribution in [0.2, 0.25) is 0 Å². The average molecular weight is 338 g/mol. The molecule has 0 radical (unpaired) electrons. The van der Waals surface area contributed by atoms with E-state index in [9.17, 15) is 9.59 Å². The Labute approximate surface area is 147 Å². The molecule has 130 valence electrons. The van der Waals surface area contributed by atoms with Crippen molar-refractivity contribution in [3.8, 4) is 5.75 Å². The van der Waals surface area contributed by atoms with Gasteiger partial charge in [-0.2, -0.15) is 0 Å². The zero-order valence-corrected chi connectivity index (χ0v) is 14.4. The number of hydrogen-bond donors (Lipinski definition) is 1. The Morgan fingerprint density at radius 1 is 1.12 bits per heavy atom. The van der Waals surface area contributed by atoms with Crippen molar-refractivity contribution in [2.75, 3.05) is 13.6 Å². The summed E-state index contributed by atoms with van der Waals surface area (Å²) < 4.78 is 5.97. The van der Waals surface area contributed by atoms with Crippen LogP contribution in [0.15, 0.2) is 54.6 Å². The van der Waals surface area contributed by atoms with E-state index in [1.54, 1.807) is 18.0 Å². The maximum atomic E-state index is 12.9. The fourth-order valence-electron chi connectivity index (χ4n) is 3.16. The molecule has 2 aromatic carbocycles. The first kappa shape index (κ1) is 17.0. The topological polar surface area (TPSA) is 58.6 Å². The summed E-state index contributed by atoms with van der Waals surface area (Å²) in [6.07, 6.45) is 0.269. The van der Waals surface area contributed by atoms with Gasteiger partial charge < -0.3 is 15.0 Å². The third kappa shape index (κ3) is 3.82. The van der Waals surface area contributed by atoms with Crippen LogP contribution in [0.3, 0.4) is 0 Å². The molecule has 0 aliphatic carbocycles. The van der Waals surface area contributed by atoms with Gasteiger partial charge in [0.15, 0.2) is 0 Å². The molecule has 2 amide bonds. The first-order chi connectivity index (χ1) is 12.1. The number of carbonyl (C=O) groups excluding carboxylic acids is 2. The van der Waals surface area contributed by atoms with Crippen LogP contribution in [0.25, 0.3) is 0 Å². The van der Waals surface area contributed by atoms with E-state index in [0.29, 0.717) is 18.5 Å². The molecule has 2 atom stereocenters. The fourth-order valence-corrected chi connectivity index (χ4v) is 3.16. The summed E-state index contributed by atoms with van der Waals surface area (Å²) in [5.74, 6) is 0.435. The van der Waals surface area contributed by atoms with Gasteiger partial charge >= 0.3 is 0 Å². The van der Waals surface area contributed by atoms with Crippen molar-refractivity contribution >= 4 is 11.8 Å². The van der Waals surface area contributed by atoms with E-state index in [1.165, 1.54) is 0 Å². The highest BCUT2D eigenvalue weighted by molar-refractivity contribution is 5.98. The monoisotopic (exact) mass is 338 g/mol. The zero-order chi connectivity index (χ0) is 17.8. The SMILES string of the molecule is CNC(=O)C1CC(Oc2ccccc2)CN1C(=O)c1cccc(C)c1. The second-order valence-corrected chi connectivity index (χ2v) is 6.25. The second kappa shape index (κ2) is 7.38. The molecule has 3 rings (SSSR count). The molecule has 1 aliphatic heterocycles. The van der Waals surface area contributed by atoms with Gasteiger partial charge in [0.25, 0.3) is 5.91 Å². The number of ether oxygens (including phenoxy) is 1. The van der Waals surface area contributed by atoms with E-state index in [4.69, 9.17) is 4.74 Å². The van der Waals surface area contributed by atoms with Crippen molar-refractivity contribution in [3.63, 3.8) is 0 Å². The molecule has 0 spiro atoms. The lowest BCUT2D eigenvalue weighted by Gasteiger charge is -2.23. The van der Waals surface area contributed by atoms with Gasteiger partial charge in [-0.25, -0.2) is 0 Å².